The lowest BCUT2D eigenvalue weighted by Gasteiger charge is -2.30. The monoisotopic (exact) mass is 300 g/mol. The molecule has 5 nitrogen and oxygen atoms in total. The van der Waals surface area contributed by atoms with Crippen LogP contribution in [0.15, 0.2) is 0 Å². The van der Waals surface area contributed by atoms with Gasteiger partial charge in [-0.05, 0) is 36.7 Å². The Balaban J connectivity index is 1.94. The molecule has 2 amide bonds. The fraction of sp³-hybridized carbons (Fsp3) is 0.857. The molecule has 0 saturated carbocycles. The Kier molecular flexibility index (Phi) is 4.83. The van der Waals surface area contributed by atoms with Crippen LogP contribution in [-0.4, -0.2) is 52.6 Å². The number of thioether (sulfide) groups is 1. The van der Waals surface area contributed by atoms with Gasteiger partial charge in [0.1, 0.15) is 0 Å². The lowest BCUT2D eigenvalue weighted by atomic mass is 9.76. The summed E-state index contributed by atoms with van der Waals surface area (Å²) in [5, 5.41) is 12.6. The van der Waals surface area contributed by atoms with E-state index in [0.29, 0.717) is 19.5 Å². The number of carbonyl (C=O) groups excluding carboxylic acids is 1. The third-order valence-electron chi connectivity index (χ3n) is 4.67. The summed E-state index contributed by atoms with van der Waals surface area (Å²) in [5.74, 6) is 1.44. The largest absolute Gasteiger partial charge is 0.481 e. The standard InChI is InChI=1S/C14H24N2O3S/c1-10(2)14(12(17)18)5-6-16(9-14)13(19)15-11-3-7-20-8-4-11/h10-11H,3-9H2,1-2H3,(H,15,19)(H,17,18). The van der Waals surface area contributed by atoms with Gasteiger partial charge in [0.25, 0.3) is 0 Å². The Morgan fingerprint density at radius 2 is 2.00 bits per heavy atom. The molecule has 2 heterocycles. The van der Waals surface area contributed by atoms with E-state index in [9.17, 15) is 14.7 Å². The van der Waals surface area contributed by atoms with E-state index in [0.717, 1.165) is 24.3 Å². The van der Waals surface area contributed by atoms with Crippen LogP contribution in [0, 0.1) is 11.3 Å². The van der Waals surface area contributed by atoms with Gasteiger partial charge in [-0.2, -0.15) is 11.8 Å². The molecule has 0 aliphatic carbocycles. The van der Waals surface area contributed by atoms with Crippen LogP contribution in [0.3, 0.4) is 0 Å². The van der Waals surface area contributed by atoms with E-state index in [-0.39, 0.29) is 18.0 Å². The summed E-state index contributed by atoms with van der Waals surface area (Å²) in [7, 11) is 0. The van der Waals surface area contributed by atoms with Gasteiger partial charge < -0.3 is 15.3 Å². The van der Waals surface area contributed by atoms with Crippen LogP contribution < -0.4 is 5.32 Å². The number of carbonyl (C=O) groups is 2. The summed E-state index contributed by atoms with van der Waals surface area (Å²) >= 11 is 1.92. The van der Waals surface area contributed by atoms with Gasteiger partial charge in [-0.25, -0.2) is 4.79 Å². The second kappa shape index (κ2) is 6.24. The number of nitrogens with one attached hydrogen (secondary N) is 1. The van der Waals surface area contributed by atoms with E-state index < -0.39 is 11.4 Å². The highest BCUT2D eigenvalue weighted by molar-refractivity contribution is 7.99. The lowest BCUT2D eigenvalue weighted by Crippen LogP contribution is -2.47. The first-order valence-electron chi connectivity index (χ1n) is 7.32. The maximum atomic E-state index is 12.3. The predicted octanol–water partition coefficient (Wildman–Crippen LogP) is 2.02. The van der Waals surface area contributed by atoms with E-state index in [2.05, 4.69) is 5.32 Å². The summed E-state index contributed by atoms with van der Waals surface area (Å²) in [6.45, 7) is 4.72. The molecule has 2 fully saturated rings. The Bertz CT molecular complexity index is 383. The number of amides is 2. The van der Waals surface area contributed by atoms with Crippen molar-refractivity contribution in [3.8, 4) is 0 Å². The van der Waals surface area contributed by atoms with Crippen LogP contribution in [0.1, 0.15) is 33.1 Å². The lowest BCUT2D eigenvalue weighted by molar-refractivity contribution is -0.150. The second-order valence-corrected chi connectivity index (χ2v) is 7.35. The van der Waals surface area contributed by atoms with Crippen LogP contribution in [-0.2, 0) is 4.79 Å². The van der Waals surface area contributed by atoms with Crippen LogP contribution in [0.4, 0.5) is 4.79 Å². The van der Waals surface area contributed by atoms with E-state index in [1.165, 1.54) is 0 Å². The smallest absolute Gasteiger partial charge is 0.317 e. The number of carboxylic acids is 1. The third kappa shape index (κ3) is 3.05. The normalized spacial score (nSPS) is 27.9. The van der Waals surface area contributed by atoms with Crippen molar-refractivity contribution < 1.29 is 14.7 Å². The zero-order chi connectivity index (χ0) is 14.8. The average Bonchev–Trinajstić information content (AvgIpc) is 2.86. The second-order valence-electron chi connectivity index (χ2n) is 6.12. The first kappa shape index (κ1) is 15.5. The maximum absolute atomic E-state index is 12.3. The van der Waals surface area contributed by atoms with Gasteiger partial charge in [0, 0.05) is 19.1 Å². The Morgan fingerprint density at radius 1 is 1.35 bits per heavy atom. The summed E-state index contributed by atoms with van der Waals surface area (Å²) < 4.78 is 0. The number of urea groups is 1. The molecule has 2 rings (SSSR count). The number of rotatable bonds is 3. The molecule has 2 N–H and O–H groups in total. The highest BCUT2D eigenvalue weighted by Gasteiger charge is 2.48. The van der Waals surface area contributed by atoms with Crippen LogP contribution in [0.25, 0.3) is 0 Å². The quantitative estimate of drug-likeness (QED) is 0.836. The number of nitrogens with zero attached hydrogens (tertiary/aromatic N) is 1. The van der Waals surface area contributed by atoms with Gasteiger partial charge >= 0.3 is 12.0 Å². The minimum Gasteiger partial charge on any atom is -0.481 e. The van der Waals surface area contributed by atoms with Gasteiger partial charge in [0.05, 0.1) is 5.41 Å². The minimum absolute atomic E-state index is 0.0314. The maximum Gasteiger partial charge on any atom is 0.317 e. The van der Waals surface area contributed by atoms with Crippen molar-refractivity contribution in [3.05, 3.63) is 0 Å². The summed E-state index contributed by atoms with van der Waals surface area (Å²) in [6, 6.07) is 0.160. The molecule has 2 aliphatic rings. The highest BCUT2D eigenvalue weighted by Crippen LogP contribution is 2.38. The number of likely N-dealkylation sites (tertiary alicyclic amines) is 1. The van der Waals surface area contributed by atoms with Gasteiger partial charge in [-0.3, -0.25) is 4.79 Å². The predicted molar refractivity (Wildman–Crippen MR) is 80.0 cm³/mol. The molecule has 0 aromatic heterocycles. The van der Waals surface area contributed by atoms with Crippen molar-refractivity contribution in [3.63, 3.8) is 0 Å². The zero-order valence-corrected chi connectivity index (χ0v) is 13.0. The number of aliphatic carboxylic acids is 1. The third-order valence-corrected chi connectivity index (χ3v) is 5.72. The van der Waals surface area contributed by atoms with Gasteiger partial charge in [-0.1, -0.05) is 13.8 Å². The molecule has 20 heavy (non-hydrogen) atoms. The average molecular weight is 300 g/mol. The van der Waals surface area contributed by atoms with Gasteiger partial charge in [0.15, 0.2) is 0 Å². The number of hydrogen-bond donors (Lipinski definition) is 2. The Labute approximate surface area is 124 Å². The summed E-state index contributed by atoms with van der Waals surface area (Å²) in [5.41, 5.74) is -0.778. The Morgan fingerprint density at radius 3 is 2.50 bits per heavy atom. The molecular weight excluding hydrogens is 276 g/mol. The molecular formula is C14H24N2O3S. The van der Waals surface area contributed by atoms with Crippen molar-refractivity contribution in [2.75, 3.05) is 24.6 Å². The van der Waals surface area contributed by atoms with Crippen molar-refractivity contribution in [1.29, 1.82) is 0 Å². The minimum atomic E-state index is -0.781. The summed E-state index contributed by atoms with van der Waals surface area (Å²) in [4.78, 5) is 25.5. The van der Waals surface area contributed by atoms with Gasteiger partial charge in [0.2, 0.25) is 0 Å². The molecule has 0 spiro atoms. The SMILES string of the molecule is CC(C)C1(C(=O)O)CCN(C(=O)NC2CCSCC2)C1. The molecule has 0 radical (unpaired) electrons. The number of carboxylic acid groups (broad SMARTS) is 1. The summed E-state index contributed by atoms with van der Waals surface area (Å²) in [6.07, 6.45) is 2.57. The molecule has 0 aromatic rings. The molecule has 0 aromatic carbocycles. The van der Waals surface area contributed by atoms with E-state index in [4.69, 9.17) is 0 Å². The molecule has 6 heteroatoms. The van der Waals surface area contributed by atoms with Crippen molar-refractivity contribution >= 4 is 23.8 Å². The fourth-order valence-electron chi connectivity index (χ4n) is 3.01. The number of hydrogen-bond acceptors (Lipinski definition) is 3. The highest BCUT2D eigenvalue weighted by atomic mass is 32.2. The van der Waals surface area contributed by atoms with Crippen LogP contribution in [0.5, 0.6) is 0 Å². The molecule has 1 unspecified atom stereocenters. The fourth-order valence-corrected chi connectivity index (χ4v) is 4.11. The van der Waals surface area contributed by atoms with E-state index in [1.54, 1.807) is 4.90 Å². The molecule has 0 bridgehead atoms. The zero-order valence-electron chi connectivity index (χ0n) is 12.2. The van der Waals surface area contributed by atoms with Crippen LogP contribution in [0.2, 0.25) is 0 Å². The van der Waals surface area contributed by atoms with Crippen LogP contribution >= 0.6 is 11.8 Å². The molecule has 2 saturated heterocycles. The van der Waals surface area contributed by atoms with Gasteiger partial charge in [-0.15, -0.1) is 0 Å². The first-order chi connectivity index (χ1) is 9.45. The molecule has 2 aliphatic heterocycles. The van der Waals surface area contributed by atoms with Crippen molar-refractivity contribution in [1.82, 2.24) is 10.2 Å². The van der Waals surface area contributed by atoms with Crippen molar-refractivity contribution in [2.24, 2.45) is 11.3 Å². The first-order valence-corrected chi connectivity index (χ1v) is 8.48. The van der Waals surface area contributed by atoms with E-state index >= 15 is 0 Å². The van der Waals surface area contributed by atoms with E-state index in [1.807, 2.05) is 25.6 Å². The van der Waals surface area contributed by atoms with Crippen molar-refractivity contribution in [2.45, 2.75) is 39.2 Å². The molecule has 114 valence electrons. The molecule has 1 atom stereocenters. The topological polar surface area (TPSA) is 69.6 Å². The Hall–Kier alpha value is -0.910.